The molecule has 0 amide bonds. The number of aryl methyl sites for hydroxylation is 1. The van der Waals surface area contributed by atoms with Crippen molar-refractivity contribution in [1.29, 1.82) is 0 Å². The van der Waals surface area contributed by atoms with Gasteiger partial charge in [-0.25, -0.2) is 15.0 Å². The van der Waals surface area contributed by atoms with E-state index in [-0.39, 0.29) is 0 Å². The Balaban J connectivity index is 1.83. The average molecular weight is 293 g/mol. The van der Waals surface area contributed by atoms with E-state index < -0.39 is 0 Å². The van der Waals surface area contributed by atoms with Crippen LogP contribution >= 0.6 is 0 Å². The van der Waals surface area contributed by atoms with Crippen molar-refractivity contribution in [3.63, 3.8) is 0 Å². The maximum Gasteiger partial charge on any atom is 0.181 e. The summed E-state index contributed by atoms with van der Waals surface area (Å²) in [6.45, 7) is 2.90. The predicted molar refractivity (Wildman–Crippen MR) is 85.2 cm³/mol. The fraction of sp³-hybridized carbons (Fsp3) is 0.188. The van der Waals surface area contributed by atoms with Crippen molar-refractivity contribution in [3.05, 3.63) is 43.2 Å². The first kappa shape index (κ1) is 12.8. The van der Waals surface area contributed by atoms with Crippen molar-refractivity contribution in [2.24, 2.45) is 7.05 Å². The van der Waals surface area contributed by atoms with Gasteiger partial charge in [-0.15, -0.1) is 0 Å². The second kappa shape index (κ2) is 4.84. The molecule has 0 spiro atoms. The zero-order valence-corrected chi connectivity index (χ0v) is 12.4. The van der Waals surface area contributed by atoms with Gasteiger partial charge in [-0.05, 0) is 25.1 Å². The summed E-state index contributed by atoms with van der Waals surface area (Å²) in [5.74, 6) is 0.890. The Morgan fingerprint density at radius 1 is 1.14 bits per heavy atom. The molecular formula is C16H15N5O. The van der Waals surface area contributed by atoms with Crippen LogP contribution in [0.2, 0.25) is 0 Å². The van der Waals surface area contributed by atoms with Crippen LogP contribution < -0.4 is 4.90 Å². The fourth-order valence-corrected chi connectivity index (χ4v) is 2.66. The summed E-state index contributed by atoms with van der Waals surface area (Å²) in [6, 6.07) is 8.02. The number of fused-ring (bicyclic) bond motifs is 2. The highest BCUT2D eigenvalue weighted by Gasteiger charge is 2.12. The molecule has 0 N–H and O–H groups in total. The van der Waals surface area contributed by atoms with E-state index in [0.29, 0.717) is 0 Å². The molecule has 0 aliphatic heterocycles. The number of anilines is 2. The Hall–Kier alpha value is -2.89. The lowest BCUT2D eigenvalue weighted by Crippen LogP contribution is -2.17. The van der Waals surface area contributed by atoms with Crippen molar-refractivity contribution >= 4 is 33.6 Å². The van der Waals surface area contributed by atoms with Gasteiger partial charge in [0.15, 0.2) is 12.0 Å². The molecule has 110 valence electrons. The number of oxazole rings is 1. The molecule has 0 radical (unpaired) electrons. The molecule has 0 unspecified atom stereocenters. The summed E-state index contributed by atoms with van der Waals surface area (Å²) in [4.78, 5) is 15.2. The van der Waals surface area contributed by atoms with E-state index >= 15 is 0 Å². The van der Waals surface area contributed by atoms with Gasteiger partial charge in [0.2, 0.25) is 0 Å². The van der Waals surface area contributed by atoms with Gasteiger partial charge < -0.3 is 13.9 Å². The third-order valence-corrected chi connectivity index (χ3v) is 3.82. The monoisotopic (exact) mass is 293 g/mol. The Morgan fingerprint density at radius 2 is 2.05 bits per heavy atom. The van der Waals surface area contributed by atoms with Crippen LogP contribution in [0.5, 0.6) is 0 Å². The predicted octanol–water partition coefficient (Wildman–Crippen LogP) is 3.27. The first-order valence-electron chi connectivity index (χ1n) is 7.14. The highest BCUT2D eigenvalue weighted by Crippen LogP contribution is 2.28. The van der Waals surface area contributed by atoms with Crippen LogP contribution in [0.1, 0.15) is 6.92 Å². The number of rotatable bonds is 3. The van der Waals surface area contributed by atoms with Crippen LogP contribution in [0.4, 0.5) is 11.5 Å². The van der Waals surface area contributed by atoms with Crippen molar-refractivity contribution in [2.75, 3.05) is 11.4 Å². The smallest absolute Gasteiger partial charge is 0.181 e. The van der Waals surface area contributed by atoms with Crippen LogP contribution in [0.3, 0.4) is 0 Å². The van der Waals surface area contributed by atoms with Crippen LogP contribution in [-0.4, -0.2) is 26.1 Å². The molecule has 3 heterocycles. The van der Waals surface area contributed by atoms with Crippen LogP contribution in [0.25, 0.3) is 22.1 Å². The van der Waals surface area contributed by atoms with Crippen molar-refractivity contribution in [1.82, 2.24) is 19.5 Å². The third kappa shape index (κ3) is 1.92. The van der Waals surface area contributed by atoms with Gasteiger partial charge in [-0.1, -0.05) is 0 Å². The molecule has 22 heavy (non-hydrogen) atoms. The topological polar surface area (TPSA) is 60.0 Å². The number of nitrogens with zero attached hydrogens (tertiary/aromatic N) is 5. The zero-order chi connectivity index (χ0) is 15.1. The molecule has 4 aromatic rings. The van der Waals surface area contributed by atoms with E-state index in [0.717, 1.165) is 40.2 Å². The van der Waals surface area contributed by atoms with Crippen molar-refractivity contribution in [3.8, 4) is 0 Å². The quantitative estimate of drug-likeness (QED) is 0.580. The molecule has 0 saturated carbocycles. The largest absolute Gasteiger partial charge is 0.443 e. The van der Waals surface area contributed by atoms with Crippen LogP contribution in [-0.2, 0) is 7.05 Å². The molecule has 0 aliphatic rings. The van der Waals surface area contributed by atoms with E-state index in [9.17, 15) is 0 Å². The van der Waals surface area contributed by atoms with Crippen molar-refractivity contribution in [2.45, 2.75) is 6.92 Å². The van der Waals surface area contributed by atoms with Gasteiger partial charge in [0.1, 0.15) is 16.9 Å². The molecule has 1 aromatic carbocycles. The molecule has 0 fully saturated rings. The summed E-state index contributed by atoms with van der Waals surface area (Å²) in [5, 5.41) is 0. The fourth-order valence-electron chi connectivity index (χ4n) is 2.66. The van der Waals surface area contributed by atoms with Crippen LogP contribution in [0, 0.1) is 0 Å². The molecule has 3 aromatic heterocycles. The molecule has 0 aliphatic carbocycles. The van der Waals surface area contributed by atoms with Gasteiger partial charge in [0.05, 0.1) is 18.0 Å². The first-order chi connectivity index (χ1) is 10.8. The first-order valence-corrected chi connectivity index (χ1v) is 7.14. The molecule has 4 rings (SSSR count). The minimum atomic E-state index is 0.787. The summed E-state index contributed by atoms with van der Waals surface area (Å²) in [6.07, 6.45) is 5.07. The number of aromatic nitrogens is 4. The molecule has 0 saturated heterocycles. The van der Waals surface area contributed by atoms with E-state index in [2.05, 4.69) is 32.8 Å². The highest BCUT2D eigenvalue weighted by molar-refractivity contribution is 5.82. The lowest BCUT2D eigenvalue weighted by Gasteiger charge is -2.22. The lowest BCUT2D eigenvalue weighted by atomic mass is 10.2. The van der Waals surface area contributed by atoms with Gasteiger partial charge in [-0.2, -0.15) is 0 Å². The van der Waals surface area contributed by atoms with Crippen LogP contribution in [0.15, 0.2) is 47.6 Å². The van der Waals surface area contributed by atoms with E-state index in [1.807, 2.05) is 36.0 Å². The molecule has 0 atom stereocenters. The molecular weight excluding hydrogens is 278 g/mol. The molecule has 0 bridgehead atoms. The third-order valence-electron chi connectivity index (χ3n) is 3.82. The maximum absolute atomic E-state index is 5.30. The van der Waals surface area contributed by atoms with Gasteiger partial charge in [0, 0.05) is 25.3 Å². The van der Waals surface area contributed by atoms with Gasteiger partial charge in [0.25, 0.3) is 0 Å². The molecule has 6 heteroatoms. The Bertz CT molecular complexity index is 955. The highest BCUT2D eigenvalue weighted by atomic mass is 16.3. The number of pyridine rings is 1. The standard InChI is InChI=1S/C16H15N5O/c1-3-21(11-4-5-15-12(6-11)19-10-22-15)16-7-14-13(8-17-16)18-9-20(14)2/h4-10H,3H2,1-2H3. The summed E-state index contributed by atoms with van der Waals surface area (Å²) >= 11 is 0. The number of hydrogen-bond donors (Lipinski definition) is 0. The summed E-state index contributed by atoms with van der Waals surface area (Å²) in [7, 11) is 1.98. The van der Waals surface area contributed by atoms with Crippen molar-refractivity contribution < 1.29 is 4.42 Å². The number of imidazole rings is 1. The minimum Gasteiger partial charge on any atom is -0.443 e. The second-order valence-corrected chi connectivity index (χ2v) is 5.14. The minimum absolute atomic E-state index is 0.787. The van der Waals surface area contributed by atoms with E-state index in [1.54, 1.807) is 6.33 Å². The summed E-state index contributed by atoms with van der Waals surface area (Å²) < 4.78 is 7.29. The SMILES string of the molecule is CCN(c1ccc2ocnc2c1)c1cc2c(cn1)ncn2C. The zero-order valence-electron chi connectivity index (χ0n) is 12.4. The number of hydrogen-bond acceptors (Lipinski definition) is 5. The van der Waals surface area contributed by atoms with E-state index in [4.69, 9.17) is 4.42 Å². The van der Waals surface area contributed by atoms with Gasteiger partial charge >= 0.3 is 0 Å². The second-order valence-electron chi connectivity index (χ2n) is 5.14. The van der Waals surface area contributed by atoms with Gasteiger partial charge in [-0.3, -0.25) is 0 Å². The lowest BCUT2D eigenvalue weighted by molar-refractivity contribution is 0.602. The summed E-state index contributed by atoms with van der Waals surface area (Å²) in [5.41, 5.74) is 4.63. The molecule has 6 nitrogen and oxygen atoms in total. The Labute approximate surface area is 127 Å². The number of benzene rings is 1. The van der Waals surface area contributed by atoms with E-state index in [1.165, 1.54) is 6.39 Å². The Kier molecular flexibility index (Phi) is 2.82. The average Bonchev–Trinajstić information content (AvgIpc) is 3.15. The normalized spacial score (nSPS) is 11.4. The maximum atomic E-state index is 5.30. The Morgan fingerprint density at radius 3 is 2.91 bits per heavy atom.